The van der Waals surface area contributed by atoms with Crippen molar-refractivity contribution in [1.82, 2.24) is 20.4 Å². The van der Waals surface area contributed by atoms with E-state index >= 15 is 0 Å². The maximum absolute atomic E-state index is 11.8. The molecule has 0 atom stereocenters. The summed E-state index contributed by atoms with van der Waals surface area (Å²) in [6.07, 6.45) is 4.88. The highest BCUT2D eigenvalue weighted by atomic mass is 16.2. The van der Waals surface area contributed by atoms with Crippen molar-refractivity contribution >= 4 is 11.9 Å². The van der Waals surface area contributed by atoms with Gasteiger partial charge in [-0.1, -0.05) is 36.8 Å². The molecule has 2 N–H and O–H groups in total. The summed E-state index contributed by atoms with van der Waals surface area (Å²) in [4.78, 5) is 20.3. The number of guanidine groups is 1. The second-order valence-corrected chi connectivity index (χ2v) is 6.94. The van der Waals surface area contributed by atoms with E-state index in [1.54, 1.807) is 19.0 Å². The standard InChI is InChI=1S/C20H33N5O/c1-24(2)19(26)17-23-20(21-12-11-18-9-5-3-6-10-18)22-13-16-25-14-7-4-8-15-25/h3,5-6,9-10H,4,7-8,11-17H2,1-2H3,(H2,21,22,23). The van der Waals surface area contributed by atoms with Crippen molar-refractivity contribution in [2.75, 3.05) is 53.4 Å². The third-order valence-electron chi connectivity index (χ3n) is 4.59. The molecule has 0 spiro atoms. The smallest absolute Gasteiger partial charge is 0.243 e. The number of nitrogens with zero attached hydrogens (tertiary/aromatic N) is 3. The van der Waals surface area contributed by atoms with Crippen molar-refractivity contribution in [3.8, 4) is 0 Å². The first kappa shape index (κ1) is 20.2. The monoisotopic (exact) mass is 359 g/mol. The van der Waals surface area contributed by atoms with Crippen LogP contribution >= 0.6 is 0 Å². The van der Waals surface area contributed by atoms with E-state index in [0.717, 1.165) is 26.1 Å². The minimum absolute atomic E-state index is 0.00481. The molecular formula is C20H33N5O. The maximum atomic E-state index is 11.8. The van der Waals surface area contributed by atoms with Crippen molar-refractivity contribution in [1.29, 1.82) is 0 Å². The topological polar surface area (TPSA) is 60.0 Å². The molecule has 2 rings (SSSR count). The van der Waals surface area contributed by atoms with Gasteiger partial charge in [0.1, 0.15) is 6.54 Å². The van der Waals surface area contributed by atoms with Crippen LogP contribution in [0.3, 0.4) is 0 Å². The fourth-order valence-electron chi connectivity index (χ4n) is 2.95. The average Bonchev–Trinajstić information content (AvgIpc) is 2.67. The summed E-state index contributed by atoms with van der Waals surface area (Å²) >= 11 is 0. The molecule has 0 aliphatic carbocycles. The normalized spacial score (nSPS) is 15.5. The van der Waals surface area contributed by atoms with Crippen molar-refractivity contribution in [3.05, 3.63) is 35.9 Å². The predicted molar refractivity (Wildman–Crippen MR) is 107 cm³/mol. The average molecular weight is 360 g/mol. The number of rotatable bonds is 8. The second-order valence-electron chi connectivity index (χ2n) is 6.94. The van der Waals surface area contributed by atoms with Gasteiger partial charge in [-0.25, -0.2) is 4.99 Å². The molecule has 1 heterocycles. The minimum Gasteiger partial charge on any atom is -0.356 e. The Bertz CT molecular complexity index is 553. The number of piperidine rings is 1. The van der Waals surface area contributed by atoms with Gasteiger partial charge in [-0.15, -0.1) is 0 Å². The Morgan fingerprint density at radius 3 is 2.46 bits per heavy atom. The Kier molecular flexibility index (Phi) is 8.96. The Hall–Kier alpha value is -2.08. The van der Waals surface area contributed by atoms with Gasteiger partial charge in [0.15, 0.2) is 5.96 Å². The van der Waals surface area contributed by atoms with Crippen molar-refractivity contribution in [3.63, 3.8) is 0 Å². The molecule has 0 bridgehead atoms. The highest BCUT2D eigenvalue weighted by molar-refractivity contribution is 5.84. The fraction of sp³-hybridized carbons (Fsp3) is 0.600. The van der Waals surface area contributed by atoms with Gasteiger partial charge in [-0.3, -0.25) is 4.79 Å². The van der Waals surface area contributed by atoms with Gasteiger partial charge >= 0.3 is 0 Å². The second kappa shape index (κ2) is 11.5. The minimum atomic E-state index is 0.00481. The zero-order valence-electron chi connectivity index (χ0n) is 16.2. The summed E-state index contributed by atoms with van der Waals surface area (Å²) in [5.41, 5.74) is 1.29. The van der Waals surface area contributed by atoms with Gasteiger partial charge in [0.25, 0.3) is 0 Å². The predicted octanol–water partition coefficient (Wildman–Crippen LogP) is 1.34. The number of carbonyl (C=O) groups is 1. The Balaban J connectivity index is 1.79. The molecule has 0 aromatic heterocycles. The zero-order valence-corrected chi connectivity index (χ0v) is 16.2. The summed E-state index contributed by atoms with van der Waals surface area (Å²) in [7, 11) is 3.51. The molecule has 1 amide bonds. The summed E-state index contributed by atoms with van der Waals surface area (Å²) in [6.45, 7) is 5.19. The molecule has 0 unspecified atom stereocenters. The van der Waals surface area contributed by atoms with Crippen LogP contribution in [0.5, 0.6) is 0 Å². The third kappa shape index (κ3) is 7.87. The van der Waals surface area contributed by atoms with Gasteiger partial charge in [-0.05, 0) is 37.9 Å². The molecule has 0 radical (unpaired) electrons. The van der Waals surface area contributed by atoms with Gasteiger partial charge in [-0.2, -0.15) is 0 Å². The molecular weight excluding hydrogens is 326 g/mol. The van der Waals surface area contributed by atoms with Gasteiger partial charge in [0, 0.05) is 33.7 Å². The quantitative estimate of drug-likeness (QED) is 0.543. The first-order valence-electron chi connectivity index (χ1n) is 9.64. The molecule has 6 heteroatoms. The maximum Gasteiger partial charge on any atom is 0.243 e. The summed E-state index contributed by atoms with van der Waals surface area (Å²) < 4.78 is 0. The van der Waals surface area contributed by atoms with Gasteiger partial charge < -0.3 is 20.4 Å². The molecule has 1 saturated heterocycles. The lowest BCUT2D eigenvalue weighted by atomic mass is 10.1. The summed E-state index contributed by atoms with van der Waals surface area (Å²) in [5.74, 6) is 0.721. The van der Waals surface area contributed by atoms with Crippen LogP contribution in [0, 0.1) is 0 Å². The van der Waals surface area contributed by atoms with Crippen LogP contribution in [0.25, 0.3) is 0 Å². The van der Waals surface area contributed by atoms with Gasteiger partial charge in [0.2, 0.25) is 5.91 Å². The number of likely N-dealkylation sites (tertiary alicyclic amines) is 1. The molecule has 0 saturated carbocycles. The van der Waals surface area contributed by atoms with E-state index in [9.17, 15) is 4.79 Å². The van der Waals surface area contributed by atoms with Crippen LogP contribution in [-0.4, -0.2) is 75.0 Å². The van der Waals surface area contributed by atoms with Crippen LogP contribution in [0.1, 0.15) is 24.8 Å². The number of hydrogen-bond donors (Lipinski definition) is 2. The Labute approximate surface area is 157 Å². The zero-order chi connectivity index (χ0) is 18.6. The van der Waals surface area contributed by atoms with E-state index in [1.165, 1.54) is 37.9 Å². The number of carbonyl (C=O) groups excluding carboxylic acids is 1. The largest absolute Gasteiger partial charge is 0.356 e. The first-order chi connectivity index (χ1) is 12.6. The summed E-state index contributed by atoms with van der Waals surface area (Å²) in [5, 5.41) is 6.72. The molecule has 1 fully saturated rings. The number of hydrogen-bond acceptors (Lipinski definition) is 3. The van der Waals surface area contributed by atoms with E-state index in [-0.39, 0.29) is 12.5 Å². The van der Waals surface area contributed by atoms with E-state index < -0.39 is 0 Å². The number of benzene rings is 1. The number of aliphatic imine (C=N–C) groups is 1. The molecule has 1 aromatic rings. The lowest BCUT2D eigenvalue weighted by Gasteiger charge is -2.26. The highest BCUT2D eigenvalue weighted by Gasteiger charge is 2.10. The van der Waals surface area contributed by atoms with E-state index in [2.05, 4.69) is 44.8 Å². The van der Waals surface area contributed by atoms with Crippen molar-refractivity contribution in [2.45, 2.75) is 25.7 Å². The lowest BCUT2D eigenvalue weighted by molar-refractivity contribution is -0.127. The van der Waals surface area contributed by atoms with Gasteiger partial charge in [0.05, 0.1) is 0 Å². The van der Waals surface area contributed by atoms with Crippen LogP contribution < -0.4 is 10.6 Å². The van der Waals surface area contributed by atoms with Crippen LogP contribution in [0.15, 0.2) is 35.3 Å². The highest BCUT2D eigenvalue weighted by Crippen LogP contribution is 2.07. The van der Waals surface area contributed by atoms with Crippen molar-refractivity contribution < 1.29 is 4.79 Å². The Morgan fingerprint density at radius 2 is 1.77 bits per heavy atom. The van der Waals surface area contributed by atoms with E-state index in [1.807, 2.05) is 6.07 Å². The fourth-order valence-corrected chi connectivity index (χ4v) is 2.95. The first-order valence-corrected chi connectivity index (χ1v) is 9.64. The van der Waals surface area contributed by atoms with Crippen molar-refractivity contribution in [2.24, 2.45) is 4.99 Å². The van der Waals surface area contributed by atoms with E-state index in [0.29, 0.717) is 5.96 Å². The van der Waals surface area contributed by atoms with Crippen LogP contribution in [-0.2, 0) is 11.2 Å². The molecule has 6 nitrogen and oxygen atoms in total. The SMILES string of the molecule is CN(C)C(=O)CN=C(NCCc1ccccc1)NCCN1CCCCC1. The lowest BCUT2D eigenvalue weighted by Crippen LogP contribution is -2.43. The number of likely N-dealkylation sites (N-methyl/N-ethyl adjacent to an activating group) is 1. The molecule has 1 aliphatic rings. The number of amides is 1. The third-order valence-corrected chi connectivity index (χ3v) is 4.59. The van der Waals surface area contributed by atoms with Crippen LogP contribution in [0.2, 0.25) is 0 Å². The van der Waals surface area contributed by atoms with Crippen LogP contribution in [0.4, 0.5) is 0 Å². The molecule has 26 heavy (non-hydrogen) atoms. The summed E-state index contributed by atoms with van der Waals surface area (Å²) in [6, 6.07) is 10.4. The Morgan fingerprint density at radius 1 is 1.08 bits per heavy atom. The molecule has 1 aliphatic heterocycles. The molecule has 144 valence electrons. The van der Waals surface area contributed by atoms with E-state index in [4.69, 9.17) is 0 Å². The number of nitrogens with one attached hydrogen (secondary N) is 2. The molecule has 1 aromatic carbocycles.